The lowest BCUT2D eigenvalue weighted by Gasteiger charge is -2.07. The van der Waals surface area contributed by atoms with Crippen LogP contribution < -0.4 is 10.6 Å². The summed E-state index contributed by atoms with van der Waals surface area (Å²) in [4.78, 5) is 34.5. The Morgan fingerprint density at radius 2 is 1.76 bits per heavy atom. The van der Waals surface area contributed by atoms with Crippen molar-refractivity contribution in [3.63, 3.8) is 0 Å². The summed E-state index contributed by atoms with van der Waals surface area (Å²) in [6.45, 7) is 4.17. The summed E-state index contributed by atoms with van der Waals surface area (Å²) in [5.41, 5.74) is 3.42. The van der Waals surface area contributed by atoms with Gasteiger partial charge < -0.3 is 15.7 Å². The highest BCUT2D eigenvalue weighted by atomic mass is 16.4. The molecule has 1 heterocycles. The highest BCUT2D eigenvalue weighted by Crippen LogP contribution is 2.12. The molecule has 0 aliphatic carbocycles. The number of nitrogens with zero attached hydrogens (tertiary/aromatic N) is 2. The molecule has 0 bridgehead atoms. The van der Waals surface area contributed by atoms with E-state index in [-0.39, 0.29) is 5.56 Å². The molecule has 0 aliphatic heterocycles. The van der Waals surface area contributed by atoms with Gasteiger partial charge in [-0.15, -0.1) is 0 Å². The van der Waals surface area contributed by atoms with E-state index in [0.717, 1.165) is 17.0 Å². The minimum absolute atomic E-state index is 0.102. The number of anilines is 1. The first-order valence-corrected chi connectivity index (χ1v) is 7.71. The van der Waals surface area contributed by atoms with E-state index in [4.69, 9.17) is 5.11 Å². The highest BCUT2D eigenvalue weighted by molar-refractivity contribution is 6.39. The third-order valence-corrected chi connectivity index (χ3v) is 3.92. The molecule has 0 saturated heterocycles. The van der Waals surface area contributed by atoms with Crippen LogP contribution in [0.15, 0.2) is 24.3 Å². The van der Waals surface area contributed by atoms with Crippen LogP contribution in [0.2, 0.25) is 0 Å². The van der Waals surface area contributed by atoms with Gasteiger partial charge in [-0.25, -0.2) is 4.79 Å². The maximum absolute atomic E-state index is 11.9. The number of carboxylic acid groups (broad SMARTS) is 1. The Kier molecular flexibility index (Phi) is 5.53. The predicted molar refractivity (Wildman–Crippen MR) is 91.4 cm³/mol. The summed E-state index contributed by atoms with van der Waals surface area (Å²) in [6, 6.07) is 5.56. The number of hydrogen-bond acceptors (Lipinski definition) is 4. The lowest BCUT2D eigenvalue weighted by molar-refractivity contribution is -0.136. The molecule has 0 aliphatic rings. The van der Waals surface area contributed by atoms with Gasteiger partial charge in [0.1, 0.15) is 0 Å². The molecule has 2 rings (SSSR count). The molecule has 0 atom stereocenters. The summed E-state index contributed by atoms with van der Waals surface area (Å²) in [5, 5.41) is 18.1. The maximum atomic E-state index is 11.9. The highest BCUT2D eigenvalue weighted by Gasteiger charge is 2.15. The third kappa shape index (κ3) is 4.43. The lowest BCUT2D eigenvalue weighted by Crippen LogP contribution is -2.36. The molecule has 8 nitrogen and oxygen atoms in total. The second-order valence-electron chi connectivity index (χ2n) is 5.62. The number of hydrogen-bond donors (Lipinski definition) is 3. The zero-order valence-corrected chi connectivity index (χ0v) is 14.3. The number of amides is 2. The van der Waals surface area contributed by atoms with Gasteiger partial charge in [0.25, 0.3) is 0 Å². The van der Waals surface area contributed by atoms with Crippen molar-refractivity contribution in [3.8, 4) is 0 Å². The molecule has 132 valence electrons. The minimum Gasteiger partial charge on any atom is -0.478 e. The Morgan fingerprint density at radius 1 is 1.12 bits per heavy atom. The van der Waals surface area contributed by atoms with Crippen molar-refractivity contribution in [1.29, 1.82) is 0 Å². The number of benzene rings is 1. The van der Waals surface area contributed by atoms with Crippen LogP contribution in [0.1, 0.15) is 27.3 Å². The van der Waals surface area contributed by atoms with E-state index < -0.39 is 17.8 Å². The minimum atomic E-state index is -1.06. The molecule has 0 saturated carbocycles. The van der Waals surface area contributed by atoms with Crippen LogP contribution in [-0.2, 0) is 23.1 Å². The van der Waals surface area contributed by atoms with E-state index in [1.165, 1.54) is 24.3 Å². The quantitative estimate of drug-likeness (QED) is 0.701. The van der Waals surface area contributed by atoms with Crippen molar-refractivity contribution in [1.82, 2.24) is 15.1 Å². The second-order valence-corrected chi connectivity index (χ2v) is 5.62. The van der Waals surface area contributed by atoms with Gasteiger partial charge in [0.2, 0.25) is 0 Å². The van der Waals surface area contributed by atoms with Crippen LogP contribution in [0, 0.1) is 13.8 Å². The summed E-state index contributed by atoms with van der Waals surface area (Å²) in [6.07, 6.45) is 0.581. The Labute approximate surface area is 144 Å². The summed E-state index contributed by atoms with van der Waals surface area (Å²) < 4.78 is 1.78. The van der Waals surface area contributed by atoms with Gasteiger partial charge in [-0.1, -0.05) is 0 Å². The van der Waals surface area contributed by atoms with E-state index in [1.807, 2.05) is 20.9 Å². The molecule has 1 aromatic carbocycles. The fraction of sp³-hybridized carbons (Fsp3) is 0.294. The van der Waals surface area contributed by atoms with E-state index in [2.05, 4.69) is 15.7 Å². The van der Waals surface area contributed by atoms with Crippen LogP contribution in [0.4, 0.5) is 5.69 Å². The normalized spacial score (nSPS) is 10.4. The first-order chi connectivity index (χ1) is 11.8. The van der Waals surface area contributed by atoms with Crippen LogP contribution in [0.25, 0.3) is 0 Å². The molecule has 25 heavy (non-hydrogen) atoms. The van der Waals surface area contributed by atoms with Crippen molar-refractivity contribution in [3.05, 3.63) is 46.8 Å². The molecule has 2 aromatic rings. The molecule has 0 fully saturated rings. The average Bonchev–Trinajstić information content (AvgIpc) is 2.81. The predicted octanol–water partition coefficient (Wildman–Crippen LogP) is 1.03. The van der Waals surface area contributed by atoms with E-state index in [9.17, 15) is 14.4 Å². The Hall–Kier alpha value is -3.16. The standard InChI is InChI=1S/C17H20N4O4/c1-10-14(11(2)21(3)20-10)8-9-18-15(22)16(23)19-13-6-4-12(5-7-13)17(24)25/h4-7H,8-9H2,1-3H3,(H,18,22)(H,19,23)(H,24,25). The third-order valence-electron chi connectivity index (χ3n) is 3.92. The Balaban J connectivity index is 1.86. The number of aryl methyl sites for hydroxylation is 2. The lowest BCUT2D eigenvalue weighted by atomic mass is 10.1. The SMILES string of the molecule is Cc1nn(C)c(C)c1CCNC(=O)C(=O)Nc1ccc(C(=O)O)cc1. The van der Waals surface area contributed by atoms with E-state index >= 15 is 0 Å². The van der Waals surface area contributed by atoms with E-state index in [0.29, 0.717) is 18.7 Å². The summed E-state index contributed by atoms with van der Waals surface area (Å²) >= 11 is 0. The van der Waals surface area contributed by atoms with Crippen LogP contribution in [0.5, 0.6) is 0 Å². The number of carbonyl (C=O) groups is 3. The number of aromatic carboxylic acids is 1. The number of carbonyl (C=O) groups excluding carboxylic acids is 2. The van der Waals surface area contributed by atoms with Gasteiger partial charge in [0, 0.05) is 25.0 Å². The van der Waals surface area contributed by atoms with Crippen molar-refractivity contribution in [2.75, 3.05) is 11.9 Å². The number of nitrogens with one attached hydrogen (secondary N) is 2. The van der Waals surface area contributed by atoms with Crippen molar-refractivity contribution in [2.24, 2.45) is 7.05 Å². The van der Waals surface area contributed by atoms with Crippen molar-refractivity contribution in [2.45, 2.75) is 20.3 Å². The van der Waals surface area contributed by atoms with Crippen LogP contribution in [-0.4, -0.2) is 39.2 Å². The Morgan fingerprint density at radius 3 is 2.28 bits per heavy atom. The molecule has 3 N–H and O–H groups in total. The van der Waals surface area contributed by atoms with Gasteiger partial charge in [-0.3, -0.25) is 14.3 Å². The van der Waals surface area contributed by atoms with Crippen LogP contribution in [0.3, 0.4) is 0 Å². The molecule has 2 amide bonds. The number of carboxylic acids is 1. The average molecular weight is 344 g/mol. The number of aromatic nitrogens is 2. The zero-order chi connectivity index (χ0) is 18.6. The van der Waals surface area contributed by atoms with E-state index in [1.54, 1.807) is 4.68 Å². The molecular weight excluding hydrogens is 324 g/mol. The fourth-order valence-corrected chi connectivity index (χ4v) is 2.44. The van der Waals surface area contributed by atoms with Gasteiger partial charge in [0.15, 0.2) is 0 Å². The number of rotatable bonds is 5. The van der Waals surface area contributed by atoms with Crippen LogP contribution >= 0.6 is 0 Å². The maximum Gasteiger partial charge on any atom is 0.335 e. The van der Waals surface area contributed by atoms with Gasteiger partial charge in [0.05, 0.1) is 11.3 Å². The monoisotopic (exact) mass is 344 g/mol. The van der Waals surface area contributed by atoms with Gasteiger partial charge >= 0.3 is 17.8 Å². The van der Waals surface area contributed by atoms with Crippen molar-refractivity contribution >= 4 is 23.5 Å². The second kappa shape index (κ2) is 7.61. The summed E-state index contributed by atoms with van der Waals surface area (Å²) in [5.74, 6) is -2.61. The molecule has 8 heteroatoms. The van der Waals surface area contributed by atoms with Crippen molar-refractivity contribution < 1.29 is 19.5 Å². The first-order valence-electron chi connectivity index (χ1n) is 7.71. The smallest absolute Gasteiger partial charge is 0.335 e. The largest absolute Gasteiger partial charge is 0.478 e. The van der Waals surface area contributed by atoms with Gasteiger partial charge in [-0.05, 0) is 50.1 Å². The zero-order valence-electron chi connectivity index (χ0n) is 14.3. The molecular formula is C17H20N4O4. The topological polar surface area (TPSA) is 113 Å². The Bertz CT molecular complexity index is 809. The molecule has 0 radical (unpaired) electrons. The molecule has 0 spiro atoms. The van der Waals surface area contributed by atoms with Gasteiger partial charge in [-0.2, -0.15) is 5.10 Å². The summed E-state index contributed by atoms with van der Waals surface area (Å²) in [7, 11) is 1.85. The first kappa shape index (κ1) is 18.2. The molecule has 1 aromatic heterocycles. The molecule has 0 unspecified atom stereocenters. The fourth-order valence-electron chi connectivity index (χ4n) is 2.44.